The molecule has 0 fully saturated rings. The van der Waals surface area contributed by atoms with Gasteiger partial charge >= 0.3 is 0 Å². The van der Waals surface area contributed by atoms with Gasteiger partial charge in [-0.05, 0) is 50.6 Å². The number of nitrogens with two attached hydrogens (primary N) is 1. The van der Waals surface area contributed by atoms with E-state index in [2.05, 4.69) is 24.2 Å². The maximum atomic E-state index is 6.34. The molecule has 0 aliphatic heterocycles. The van der Waals surface area contributed by atoms with E-state index < -0.39 is 0 Å². The second-order valence-corrected chi connectivity index (χ2v) is 5.05. The van der Waals surface area contributed by atoms with Gasteiger partial charge in [-0.3, -0.25) is 0 Å². The zero-order valence-electron chi connectivity index (χ0n) is 11.0. The molecule has 0 amide bonds. The van der Waals surface area contributed by atoms with Gasteiger partial charge in [-0.1, -0.05) is 17.7 Å². The molecule has 1 aromatic carbocycles. The minimum atomic E-state index is 0.608. The van der Waals surface area contributed by atoms with Gasteiger partial charge in [0, 0.05) is 12.1 Å². The lowest BCUT2D eigenvalue weighted by atomic mass is 10.1. The standard InChI is InChI=1S/C14H18ClN3/c1-9-6-10(2)14(13(15)7-9)18-11(3)8-12(17-18)4-5-16/h6-8H,4-5,16H2,1-3H3. The van der Waals surface area contributed by atoms with Crippen molar-refractivity contribution in [3.8, 4) is 5.69 Å². The summed E-state index contributed by atoms with van der Waals surface area (Å²) in [6, 6.07) is 6.14. The monoisotopic (exact) mass is 263 g/mol. The molecule has 96 valence electrons. The molecule has 0 aliphatic rings. The largest absolute Gasteiger partial charge is 0.330 e. The highest BCUT2D eigenvalue weighted by molar-refractivity contribution is 6.32. The Labute approximate surface area is 113 Å². The van der Waals surface area contributed by atoms with E-state index in [1.165, 1.54) is 0 Å². The summed E-state index contributed by atoms with van der Waals surface area (Å²) in [6.07, 6.45) is 0.788. The molecule has 1 heterocycles. The number of benzene rings is 1. The predicted octanol–water partition coefficient (Wildman–Crippen LogP) is 2.95. The van der Waals surface area contributed by atoms with Crippen molar-refractivity contribution in [2.24, 2.45) is 5.73 Å². The van der Waals surface area contributed by atoms with Crippen molar-refractivity contribution >= 4 is 11.6 Å². The van der Waals surface area contributed by atoms with Gasteiger partial charge in [0.25, 0.3) is 0 Å². The summed E-state index contributed by atoms with van der Waals surface area (Å²) in [5.41, 5.74) is 10.9. The van der Waals surface area contributed by atoms with Crippen molar-refractivity contribution in [1.82, 2.24) is 9.78 Å². The van der Waals surface area contributed by atoms with Crippen LogP contribution in [0.15, 0.2) is 18.2 Å². The summed E-state index contributed by atoms with van der Waals surface area (Å²) in [7, 11) is 0. The normalized spacial score (nSPS) is 10.9. The summed E-state index contributed by atoms with van der Waals surface area (Å²) in [5, 5.41) is 5.31. The van der Waals surface area contributed by atoms with Crippen molar-refractivity contribution in [3.63, 3.8) is 0 Å². The molecule has 1 aromatic heterocycles. The Kier molecular flexibility index (Phi) is 3.73. The van der Waals surface area contributed by atoms with E-state index in [0.717, 1.165) is 39.6 Å². The lowest BCUT2D eigenvalue weighted by Crippen LogP contribution is -2.06. The maximum absolute atomic E-state index is 6.34. The number of rotatable bonds is 3. The van der Waals surface area contributed by atoms with Crippen LogP contribution in [-0.4, -0.2) is 16.3 Å². The van der Waals surface area contributed by atoms with Crippen LogP contribution in [0.3, 0.4) is 0 Å². The number of hydrogen-bond donors (Lipinski definition) is 1. The molecular formula is C14H18ClN3. The van der Waals surface area contributed by atoms with Crippen LogP contribution < -0.4 is 5.73 Å². The van der Waals surface area contributed by atoms with E-state index in [0.29, 0.717) is 6.54 Å². The van der Waals surface area contributed by atoms with Gasteiger partial charge in [-0.15, -0.1) is 0 Å². The molecule has 2 aromatic rings. The van der Waals surface area contributed by atoms with Gasteiger partial charge in [-0.25, -0.2) is 4.68 Å². The quantitative estimate of drug-likeness (QED) is 0.925. The summed E-state index contributed by atoms with van der Waals surface area (Å²) in [4.78, 5) is 0. The highest BCUT2D eigenvalue weighted by Crippen LogP contribution is 2.26. The summed E-state index contributed by atoms with van der Waals surface area (Å²) < 4.78 is 1.90. The molecule has 3 nitrogen and oxygen atoms in total. The van der Waals surface area contributed by atoms with E-state index in [1.807, 2.05) is 24.6 Å². The van der Waals surface area contributed by atoms with E-state index in [1.54, 1.807) is 0 Å². The van der Waals surface area contributed by atoms with E-state index in [9.17, 15) is 0 Å². The molecule has 2 rings (SSSR count). The molecule has 0 bridgehead atoms. The summed E-state index contributed by atoms with van der Waals surface area (Å²) in [5.74, 6) is 0. The number of aromatic nitrogens is 2. The summed E-state index contributed by atoms with van der Waals surface area (Å²) >= 11 is 6.34. The zero-order chi connectivity index (χ0) is 13.3. The summed E-state index contributed by atoms with van der Waals surface area (Å²) in [6.45, 7) is 6.73. The third kappa shape index (κ3) is 2.42. The molecule has 0 aliphatic carbocycles. The number of aryl methyl sites for hydroxylation is 3. The Bertz CT molecular complexity index is 549. The number of nitrogens with zero attached hydrogens (tertiary/aromatic N) is 2. The Morgan fingerprint density at radius 1 is 1.22 bits per heavy atom. The molecule has 0 radical (unpaired) electrons. The molecule has 0 atom stereocenters. The van der Waals surface area contributed by atoms with Crippen LogP contribution in [0.1, 0.15) is 22.5 Å². The minimum Gasteiger partial charge on any atom is -0.330 e. The van der Waals surface area contributed by atoms with Crippen molar-refractivity contribution < 1.29 is 0 Å². The highest BCUT2D eigenvalue weighted by Gasteiger charge is 2.12. The Morgan fingerprint density at radius 3 is 2.56 bits per heavy atom. The first-order chi connectivity index (χ1) is 8.52. The zero-order valence-corrected chi connectivity index (χ0v) is 11.8. The fourth-order valence-electron chi connectivity index (χ4n) is 2.21. The first kappa shape index (κ1) is 13.1. The van der Waals surface area contributed by atoms with Crippen LogP contribution >= 0.6 is 11.6 Å². The van der Waals surface area contributed by atoms with Gasteiger partial charge in [0.2, 0.25) is 0 Å². The topological polar surface area (TPSA) is 43.8 Å². The lowest BCUT2D eigenvalue weighted by Gasteiger charge is -2.11. The van der Waals surface area contributed by atoms with Gasteiger partial charge in [-0.2, -0.15) is 5.10 Å². The fourth-order valence-corrected chi connectivity index (χ4v) is 2.61. The molecule has 2 N–H and O–H groups in total. The molecule has 0 saturated heterocycles. The minimum absolute atomic E-state index is 0.608. The average Bonchev–Trinajstić information content (AvgIpc) is 2.59. The third-order valence-corrected chi connectivity index (χ3v) is 3.24. The molecule has 0 spiro atoms. The van der Waals surface area contributed by atoms with Crippen molar-refractivity contribution in [2.45, 2.75) is 27.2 Å². The molecular weight excluding hydrogens is 246 g/mol. The maximum Gasteiger partial charge on any atom is 0.0864 e. The Morgan fingerprint density at radius 2 is 1.94 bits per heavy atom. The van der Waals surface area contributed by atoms with E-state index in [-0.39, 0.29) is 0 Å². The SMILES string of the molecule is Cc1cc(C)c(-n2nc(CCN)cc2C)c(Cl)c1. The van der Waals surface area contributed by atoms with Crippen LogP contribution in [0.5, 0.6) is 0 Å². The van der Waals surface area contributed by atoms with Crippen LogP contribution in [0.4, 0.5) is 0 Å². The molecule has 0 unspecified atom stereocenters. The van der Waals surface area contributed by atoms with Crippen molar-refractivity contribution in [2.75, 3.05) is 6.54 Å². The lowest BCUT2D eigenvalue weighted by molar-refractivity contribution is 0.800. The van der Waals surface area contributed by atoms with Crippen LogP contribution in [-0.2, 0) is 6.42 Å². The van der Waals surface area contributed by atoms with Crippen molar-refractivity contribution in [1.29, 1.82) is 0 Å². The Balaban J connectivity index is 2.55. The van der Waals surface area contributed by atoms with Crippen molar-refractivity contribution in [3.05, 3.63) is 45.7 Å². The van der Waals surface area contributed by atoms with Gasteiger partial charge in [0.15, 0.2) is 0 Å². The van der Waals surface area contributed by atoms with Gasteiger partial charge < -0.3 is 5.73 Å². The van der Waals surface area contributed by atoms with E-state index >= 15 is 0 Å². The first-order valence-electron chi connectivity index (χ1n) is 6.05. The first-order valence-corrected chi connectivity index (χ1v) is 6.43. The van der Waals surface area contributed by atoms with Crippen LogP contribution in [0.2, 0.25) is 5.02 Å². The van der Waals surface area contributed by atoms with Gasteiger partial charge in [0.05, 0.1) is 16.4 Å². The van der Waals surface area contributed by atoms with Crippen LogP contribution in [0, 0.1) is 20.8 Å². The number of hydrogen-bond acceptors (Lipinski definition) is 2. The third-order valence-electron chi connectivity index (χ3n) is 2.95. The molecule has 18 heavy (non-hydrogen) atoms. The average molecular weight is 264 g/mol. The van der Waals surface area contributed by atoms with Crippen LogP contribution in [0.25, 0.3) is 5.69 Å². The molecule has 4 heteroatoms. The highest BCUT2D eigenvalue weighted by atomic mass is 35.5. The second kappa shape index (κ2) is 5.12. The Hall–Kier alpha value is -1.32. The number of halogens is 1. The predicted molar refractivity (Wildman–Crippen MR) is 75.5 cm³/mol. The van der Waals surface area contributed by atoms with Gasteiger partial charge in [0.1, 0.15) is 0 Å². The fraction of sp³-hybridized carbons (Fsp3) is 0.357. The van der Waals surface area contributed by atoms with E-state index in [4.69, 9.17) is 17.3 Å². The second-order valence-electron chi connectivity index (χ2n) is 4.64. The molecule has 0 saturated carbocycles. The smallest absolute Gasteiger partial charge is 0.0864 e.